The summed E-state index contributed by atoms with van der Waals surface area (Å²) in [6, 6.07) is 23.9. The number of sulfone groups is 1. The van der Waals surface area contributed by atoms with Crippen molar-refractivity contribution in [3.8, 4) is 23.0 Å². The van der Waals surface area contributed by atoms with E-state index in [1.807, 2.05) is 43.3 Å². The number of benzene rings is 3. The van der Waals surface area contributed by atoms with Gasteiger partial charge in [-0.25, -0.2) is 21.5 Å². The Bertz CT molecular complexity index is 1880. The highest BCUT2D eigenvalue weighted by molar-refractivity contribution is 7.95. The zero-order chi connectivity index (χ0) is 30.1. The molecule has 2 heterocycles. The first-order valence-corrected chi connectivity index (χ1v) is 16.6. The van der Waals surface area contributed by atoms with Gasteiger partial charge in [-0.1, -0.05) is 61.9 Å². The molecule has 0 radical (unpaired) electrons. The standard InChI is InChI=1S/C32H32N4O4S2/c1-23-12-14-29(15-13-23)41(37,38)31(19-33)18-27-22-36(28-9-5-4-6-10-28)34-32(27)26-8-7-11-30(17-26)42(39,40)35-20-24(2)16-25(3)21-35/h4-15,17-18,22,24-25H,16,20-21H2,1-3H3/b31-18-. The maximum Gasteiger partial charge on any atom is 0.243 e. The maximum atomic E-state index is 13.7. The van der Waals surface area contributed by atoms with Crippen LogP contribution >= 0.6 is 0 Å². The van der Waals surface area contributed by atoms with E-state index in [2.05, 4.69) is 13.8 Å². The van der Waals surface area contributed by atoms with Gasteiger partial charge in [-0.05, 0) is 67.7 Å². The second-order valence-electron chi connectivity index (χ2n) is 10.9. The number of nitriles is 1. The van der Waals surface area contributed by atoms with E-state index in [4.69, 9.17) is 5.10 Å². The van der Waals surface area contributed by atoms with E-state index < -0.39 is 24.8 Å². The number of rotatable bonds is 7. The minimum atomic E-state index is -4.12. The molecule has 10 heteroatoms. The number of nitrogens with zero attached hydrogens (tertiary/aromatic N) is 4. The number of hydrogen-bond donors (Lipinski definition) is 0. The van der Waals surface area contributed by atoms with Crippen LogP contribution in [0.25, 0.3) is 23.0 Å². The van der Waals surface area contributed by atoms with Crippen LogP contribution in [0.4, 0.5) is 0 Å². The van der Waals surface area contributed by atoms with Gasteiger partial charge >= 0.3 is 0 Å². The number of aromatic nitrogens is 2. The van der Waals surface area contributed by atoms with E-state index in [0.717, 1.165) is 17.7 Å². The number of sulfonamides is 1. The summed E-state index contributed by atoms with van der Waals surface area (Å²) in [6.07, 6.45) is 3.92. The molecule has 0 N–H and O–H groups in total. The Morgan fingerprint density at radius 3 is 2.21 bits per heavy atom. The van der Waals surface area contributed by atoms with Crippen molar-refractivity contribution in [3.63, 3.8) is 0 Å². The molecule has 0 bridgehead atoms. The van der Waals surface area contributed by atoms with Gasteiger partial charge in [0.2, 0.25) is 19.9 Å². The Labute approximate surface area is 247 Å². The lowest BCUT2D eigenvalue weighted by Gasteiger charge is -2.34. The summed E-state index contributed by atoms with van der Waals surface area (Å²) in [7, 11) is -7.89. The van der Waals surface area contributed by atoms with Crippen molar-refractivity contribution < 1.29 is 16.8 Å². The number of hydrogen-bond acceptors (Lipinski definition) is 6. The van der Waals surface area contributed by atoms with Gasteiger partial charge in [-0.3, -0.25) is 0 Å². The van der Waals surface area contributed by atoms with Gasteiger partial charge in [0.15, 0.2) is 0 Å². The predicted octanol–water partition coefficient (Wildman–Crippen LogP) is 5.85. The van der Waals surface area contributed by atoms with Gasteiger partial charge in [0.25, 0.3) is 0 Å². The second kappa shape index (κ2) is 11.7. The summed E-state index contributed by atoms with van der Waals surface area (Å²) < 4.78 is 57.3. The van der Waals surface area contributed by atoms with Gasteiger partial charge in [-0.15, -0.1) is 0 Å². The summed E-state index contributed by atoms with van der Waals surface area (Å²) >= 11 is 0. The summed E-state index contributed by atoms with van der Waals surface area (Å²) in [6.45, 7) is 6.87. The van der Waals surface area contributed by atoms with Crippen LogP contribution in [0, 0.1) is 30.1 Å². The molecule has 0 amide bonds. The topological polar surface area (TPSA) is 113 Å². The molecule has 0 aliphatic carbocycles. The van der Waals surface area contributed by atoms with Crippen LogP contribution < -0.4 is 0 Å². The Morgan fingerprint density at radius 1 is 0.905 bits per heavy atom. The van der Waals surface area contributed by atoms with Gasteiger partial charge in [0.05, 0.1) is 15.5 Å². The molecule has 42 heavy (non-hydrogen) atoms. The molecule has 1 fully saturated rings. The Kier molecular flexibility index (Phi) is 8.19. The van der Waals surface area contributed by atoms with E-state index in [0.29, 0.717) is 29.9 Å². The minimum absolute atomic E-state index is 0.0102. The quantitative estimate of drug-likeness (QED) is 0.246. The maximum absolute atomic E-state index is 13.7. The predicted molar refractivity (Wildman–Crippen MR) is 163 cm³/mol. The first-order valence-electron chi connectivity index (χ1n) is 13.7. The molecule has 0 saturated carbocycles. The van der Waals surface area contributed by atoms with Crippen LogP contribution in [-0.4, -0.2) is 44.0 Å². The van der Waals surface area contributed by atoms with Crippen molar-refractivity contribution in [1.82, 2.24) is 14.1 Å². The number of allylic oxidation sites excluding steroid dienone is 1. The molecule has 216 valence electrons. The fraction of sp³-hybridized carbons (Fsp3) is 0.250. The SMILES string of the molecule is Cc1ccc(S(=O)(=O)/C(C#N)=C\c2cn(-c3ccccc3)nc2-c2cccc(S(=O)(=O)N3CC(C)CC(C)C3)c2)cc1. The Morgan fingerprint density at radius 2 is 1.57 bits per heavy atom. The van der Waals surface area contributed by atoms with E-state index in [1.165, 1.54) is 22.5 Å². The van der Waals surface area contributed by atoms with Crippen molar-refractivity contribution in [3.05, 3.63) is 101 Å². The van der Waals surface area contributed by atoms with Crippen LogP contribution in [0.5, 0.6) is 0 Å². The summed E-state index contributed by atoms with van der Waals surface area (Å²) in [5.74, 6) is 0.509. The lowest BCUT2D eigenvalue weighted by molar-refractivity contribution is 0.222. The molecule has 2 atom stereocenters. The normalized spacial score (nSPS) is 18.5. The zero-order valence-electron chi connectivity index (χ0n) is 23.7. The van der Waals surface area contributed by atoms with Crippen LogP contribution in [0.15, 0.2) is 99.8 Å². The smallest absolute Gasteiger partial charge is 0.240 e. The third-order valence-corrected chi connectivity index (χ3v) is 10.9. The molecular weight excluding hydrogens is 569 g/mol. The molecule has 1 aliphatic rings. The minimum Gasteiger partial charge on any atom is -0.240 e. The Balaban J connectivity index is 1.63. The zero-order valence-corrected chi connectivity index (χ0v) is 25.3. The van der Waals surface area contributed by atoms with Gasteiger partial charge < -0.3 is 0 Å². The summed E-state index contributed by atoms with van der Waals surface area (Å²) in [5, 5.41) is 14.7. The Hall–Kier alpha value is -4.04. The number of piperidine rings is 1. The molecule has 3 aromatic carbocycles. The van der Waals surface area contributed by atoms with Crippen LogP contribution in [0.2, 0.25) is 0 Å². The average Bonchev–Trinajstić information content (AvgIpc) is 3.40. The summed E-state index contributed by atoms with van der Waals surface area (Å²) in [5.41, 5.74) is 2.81. The molecule has 1 aromatic heterocycles. The third-order valence-electron chi connectivity index (χ3n) is 7.36. The van der Waals surface area contributed by atoms with Crippen molar-refractivity contribution in [1.29, 1.82) is 5.26 Å². The van der Waals surface area contributed by atoms with Crippen molar-refractivity contribution in [2.45, 2.75) is 37.0 Å². The van der Waals surface area contributed by atoms with Gasteiger partial charge in [0, 0.05) is 30.4 Å². The highest BCUT2D eigenvalue weighted by atomic mass is 32.2. The molecule has 8 nitrogen and oxygen atoms in total. The van der Waals surface area contributed by atoms with E-state index in [-0.39, 0.29) is 21.6 Å². The van der Waals surface area contributed by atoms with E-state index in [1.54, 1.807) is 47.3 Å². The van der Waals surface area contributed by atoms with Crippen LogP contribution in [0.3, 0.4) is 0 Å². The van der Waals surface area contributed by atoms with Crippen molar-refractivity contribution in [2.75, 3.05) is 13.1 Å². The van der Waals surface area contributed by atoms with Crippen LogP contribution in [-0.2, 0) is 19.9 Å². The largest absolute Gasteiger partial charge is 0.243 e. The molecule has 1 saturated heterocycles. The highest BCUT2D eigenvalue weighted by Gasteiger charge is 2.32. The number of para-hydroxylation sites is 1. The highest BCUT2D eigenvalue weighted by Crippen LogP contribution is 2.32. The van der Waals surface area contributed by atoms with E-state index >= 15 is 0 Å². The first kappa shape index (κ1) is 29.5. The monoisotopic (exact) mass is 600 g/mol. The van der Waals surface area contributed by atoms with Crippen molar-refractivity contribution in [2.24, 2.45) is 11.8 Å². The van der Waals surface area contributed by atoms with Crippen molar-refractivity contribution >= 4 is 25.9 Å². The first-order chi connectivity index (χ1) is 20.0. The average molecular weight is 601 g/mol. The molecule has 5 rings (SSSR count). The molecular formula is C32H32N4O4S2. The van der Waals surface area contributed by atoms with Gasteiger partial charge in [-0.2, -0.15) is 14.7 Å². The van der Waals surface area contributed by atoms with Gasteiger partial charge in [0.1, 0.15) is 16.7 Å². The summed E-state index contributed by atoms with van der Waals surface area (Å²) in [4.78, 5) is -0.297. The van der Waals surface area contributed by atoms with Crippen LogP contribution in [0.1, 0.15) is 31.4 Å². The second-order valence-corrected chi connectivity index (χ2v) is 14.8. The fourth-order valence-electron chi connectivity index (χ4n) is 5.34. The molecule has 4 aromatic rings. The lowest BCUT2D eigenvalue weighted by atomic mass is 9.94. The molecule has 1 aliphatic heterocycles. The molecule has 2 unspecified atom stereocenters. The number of aryl methyl sites for hydroxylation is 1. The lowest BCUT2D eigenvalue weighted by Crippen LogP contribution is -2.42. The third kappa shape index (κ3) is 5.95. The molecule has 0 spiro atoms. The van der Waals surface area contributed by atoms with E-state index in [9.17, 15) is 22.1 Å². The fourth-order valence-corrected chi connectivity index (χ4v) is 8.22.